The van der Waals surface area contributed by atoms with E-state index in [1.807, 2.05) is 24.3 Å². The Bertz CT molecular complexity index is 458. The molecule has 1 aromatic carbocycles. The van der Waals surface area contributed by atoms with Gasteiger partial charge in [0.15, 0.2) is 0 Å². The SMILES string of the molecule is CC(C(=O)O)c1ccc(CNC2CCCCCC2O)cc1. The maximum atomic E-state index is 10.9. The zero-order chi connectivity index (χ0) is 15.2. The Hall–Kier alpha value is -1.39. The zero-order valence-corrected chi connectivity index (χ0v) is 12.6. The Morgan fingerprint density at radius 1 is 1.24 bits per heavy atom. The van der Waals surface area contributed by atoms with Gasteiger partial charge in [0.2, 0.25) is 0 Å². The molecule has 1 aliphatic rings. The minimum absolute atomic E-state index is 0.171. The molecule has 1 fully saturated rings. The van der Waals surface area contributed by atoms with Gasteiger partial charge in [-0.15, -0.1) is 0 Å². The summed E-state index contributed by atoms with van der Waals surface area (Å²) in [5.74, 6) is -1.28. The van der Waals surface area contributed by atoms with Crippen molar-refractivity contribution in [3.05, 3.63) is 35.4 Å². The summed E-state index contributed by atoms with van der Waals surface area (Å²) in [7, 11) is 0. The Labute approximate surface area is 126 Å². The second kappa shape index (κ2) is 7.57. The molecule has 0 amide bonds. The van der Waals surface area contributed by atoms with Gasteiger partial charge in [0, 0.05) is 12.6 Å². The van der Waals surface area contributed by atoms with Crippen LogP contribution < -0.4 is 5.32 Å². The van der Waals surface area contributed by atoms with E-state index >= 15 is 0 Å². The molecule has 3 unspecified atom stereocenters. The highest BCUT2D eigenvalue weighted by atomic mass is 16.4. The molecule has 0 radical (unpaired) electrons. The van der Waals surface area contributed by atoms with Crippen LogP contribution in [0.3, 0.4) is 0 Å². The Morgan fingerprint density at radius 2 is 1.90 bits per heavy atom. The summed E-state index contributed by atoms with van der Waals surface area (Å²) in [5.41, 5.74) is 1.94. The van der Waals surface area contributed by atoms with Crippen molar-refractivity contribution < 1.29 is 15.0 Å². The van der Waals surface area contributed by atoms with Crippen LogP contribution in [0.1, 0.15) is 56.1 Å². The predicted octanol–water partition coefficient (Wildman–Crippen LogP) is 2.66. The van der Waals surface area contributed by atoms with Crippen molar-refractivity contribution in [1.29, 1.82) is 0 Å². The lowest BCUT2D eigenvalue weighted by molar-refractivity contribution is -0.138. The minimum Gasteiger partial charge on any atom is -0.481 e. The molecule has 1 aliphatic carbocycles. The lowest BCUT2D eigenvalue weighted by Gasteiger charge is -2.22. The van der Waals surface area contributed by atoms with Crippen LogP contribution in [0.4, 0.5) is 0 Å². The Balaban J connectivity index is 1.89. The van der Waals surface area contributed by atoms with Gasteiger partial charge in [-0.1, -0.05) is 43.5 Å². The molecule has 116 valence electrons. The molecule has 4 heteroatoms. The lowest BCUT2D eigenvalue weighted by atomic mass is 10.00. The van der Waals surface area contributed by atoms with E-state index in [2.05, 4.69) is 5.32 Å². The van der Waals surface area contributed by atoms with Gasteiger partial charge in [0.05, 0.1) is 12.0 Å². The highest BCUT2D eigenvalue weighted by Gasteiger charge is 2.20. The topological polar surface area (TPSA) is 69.6 Å². The van der Waals surface area contributed by atoms with Crippen molar-refractivity contribution in [3.63, 3.8) is 0 Å². The van der Waals surface area contributed by atoms with Crippen LogP contribution in [-0.2, 0) is 11.3 Å². The minimum atomic E-state index is -0.803. The van der Waals surface area contributed by atoms with Gasteiger partial charge in [0.1, 0.15) is 0 Å². The standard InChI is InChI=1S/C17H25NO3/c1-12(17(20)21)14-9-7-13(8-10-14)11-18-15-5-3-2-4-6-16(15)19/h7-10,12,15-16,18-19H,2-6,11H2,1H3,(H,20,21). The largest absolute Gasteiger partial charge is 0.481 e. The zero-order valence-electron chi connectivity index (χ0n) is 12.6. The Kier molecular flexibility index (Phi) is 5.76. The fourth-order valence-corrected chi connectivity index (χ4v) is 2.84. The fourth-order valence-electron chi connectivity index (χ4n) is 2.84. The molecule has 1 saturated carbocycles. The molecule has 0 bridgehead atoms. The third kappa shape index (κ3) is 4.55. The monoisotopic (exact) mass is 291 g/mol. The van der Waals surface area contributed by atoms with Crippen LogP contribution in [0, 0.1) is 0 Å². The highest BCUT2D eigenvalue weighted by Crippen LogP contribution is 2.19. The lowest BCUT2D eigenvalue weighted by Crippen LogP contribution is -2.38. The molecular weight excluding hydrogens is 266 g/mol. The van der Waals surface area contributed by atoms with Crippen molar-refractivity contribution in [2.24, 2.45) is 0 Å². The van der Waals surface area contributed by atoms with Crippen LogP contribution in [0.25, 0.3) is 0 Å². The smallest absolute Gasteiger partial charge is 0.310 e. The molecule has 0 spiro atoms. The van der Waals surface area contributed by atoms with Gasteiger partial charge in [-0.2, -0.15) is 0 Å². The van der Waals surface area contributed by atoms with E-state index in [9.17, 15) is 9.90 Å². The second-order valence-electron chi connectivity index (χ2n) is 5.99. The number of carbonyl (C=O) groups is 1. The maximum Gasteiger partial charge on any atom is 0.310 e. The van der Waals surface area contributed by atoms with Crippen LogP contribution in [0.15, 0.2) is 24.3 Å². The molecule has 3 atom stereocenters. The van der Waals surface area contributed by atoms with Crippen molar-refractivity contribution in [1.82, 2.24) is 5.32 Å². The van der Waals surface area contributed by atoms with E-state index in [-0.39, 0.29) is 12.1 Å². The first-order chi connectivity index (χ1) is 10.1. The molecule has 2 rings (SSSR count). The first-order valence-corrected chi connectivity index (χ1v) is 7.81. The van der Waals surface area contributed by atoms with Crippen molar-refractivity contribution in [2.45, 2.75) is 63.6 Å². The second-order valence-corrected chi connectivity index (χ2v) is 5.99. The third-order valence-corrected chi connectivity index (χ3v) is 4.40. The third-order valence-electron chi connectivity index (χ3n) is 4.40. The number of aliphatic carboxylic acids is 1. The number of carboxylic acid groups (broad SMARTS) is 1. The van der Waals surface area contributed by atoms with Gasteiger partial charge in [-0.25, -0.2) is 0 Å². The number of carboxylic acids is 1. The molecule has 0 aliphatic heterocycles. The number of aliphatic hydroxyl groups excluding tert-OH is 1. The first-order valence-electron chi connectivity index (χ1n) is 7.81. The molecule has 4 nitrogen and oxygen atoms in total. The van der Waals surface area contributed by atoms with Gasteiger partial charge in [-0.05, 0) is 30.9 Å². The number of benzene rings is 1. The average Bonchev–Trinajstić information content (AvgIpc) is 2.69. The van der Waals surface area contributed by atoms with Gasteiger partial charge >= 0.3 is 5.97 Å². The molecule has 0 aromatic heterocycles. The molecule has 21 heavy (non-hydrogen) atoms. The fraction of sp³-hybridized carbons (Fsp3) is 0.588. The number of aliphatic hydroxyl groups is 1. The average molecular weight is 291 g/mol. The van der Waals surface area contributed by atoms with Crippen LogP contribution >= 0.6 is 0 Å². The highest BCUT2D eigenvalue weighted by molar-refractivity contribution is 5.75. The van der Waals surface area contributed by atoms with E-state index in [0.717, 1.165) is 30.4 Å². The summed E-state index contributed by atoms with van der Waals surface area (Å²) < 4.78 is 0. The van der Waals surface area contributed by atoms with E-state index in [0.29, 0.717) is 6.54 Å². The first kappa shape index (κ1) is 16.0. The summed E-state index contributed by atoms with van der Waals surface area (Å²) in [4.78, 5) is 10.9. The maximum absolute atomic E-state index is 10.9. The molecule has 1 aromatic rings. The van der Waals surface area contributed by atoms with Crippen LogP contribution in [0.5, 0.6) is 0 Å². The van der Waals surface area contributed by atoms with Crippen molar-refractivity contribution >= 4 is 5.97 Å². The summed E-state index contributed by atoms with van der Waals surface area (Å²) in [6.45, 7) is 2.40. The molecular formula is C17H25NO3. The number of nitrogens with one attached hydrogen (secondary N) is 1. The van der Waals surface area contributed by atoms with Crippen LogP contribution in [0.2, 0.25) is 0 Å². The number of hydrogen-bond acceptors (Lipinski definition) is 3. The summed E-state index contributed by atoms with van der Waals surface area (Å²) >= 11 is 0. The Morgan fingerprint density at radius 3 is 2.57 bits per heavy atom. The van der Waals surface area contributed by atoms with Gasteiger partial charge in [0.25, 0.3) is 0 Å². The summed E-state index contributed by atoms with van der Waals surface area (Å²) in [6, 6.07) is 7.85. The van der Waals surface area contributed by atoms with Gasteiger partial charge < -0.3 is 15.5 Å². The van der Waals surface area contributed by atoms with Crippen molar-refractivity contribution in [3.8, 4) is 0 Å². The molecule has 0 heterocycles. The summed E-state index contributed by atoms with van der Waals surface area (Å²) in [6.07, 6.45) is 5.14. The predicted molar refractivity (Wildman–Crippen MR) is 82.2 cm³/mol. The number of hydrogen-bond donors (Lipinski definition) is 3. The van der Waals surface area contributed by atoms with E-state index in [4.69, 9.17) is 5.11 Å². The van der Waals surface area contributed by atoms with E-state index in [1.54, 1.807) is 6.92 Å². The quantitative estimate of drug-likeness (QED) is 0.730. The van der Waals surface area contributed by atoms with E-state index < -0.39 is 11.9 Å². The molecule has 3 N–H and O–H groups in total. The summed E-state index contributed by atoms with van der Waals surface area (Å²) in [5, 5.41) is 22.5. The van der Waals surface area contributed by atoms with Crippen molar-refractivity contribution in [2.75, 3.05) is 0 Å². The van der Waals surface area contributed by atoms with Gasteiger partial charge in [-0.3, -0.25) is 4.79 Å². The normalized spacial score (nSPS) is 24.3. The van der Waals surface area contributed by atoms with Crippen LogP contribution in [-0.4, -0.2) is 28.3 Å². The molecule has 0 saturated heterocycles. The number of rotatable bonds is 5. The van der Waals surface area contributed by atoms with E-state index in [1.165, 1.54) is 12.8 Å².